The Balaban J connectivity index is 0.000000720. The summed E-state index contributed by atoms with van der Waals surface area (Å²) in [5.41, 5.74) is 5.70. The third-order valence-electron chi connectivity index (χ3n) is 3.45. The van der Waals surface area contributed by atoms with Gasteiger partial charge in [0.05, 0.1) is 0 Å². The van der Waals surface area contributed by atoms with Crippen LogP contribution >= 0.6 is 24.8 Å². The second-order valence-corrected chi connectivity index (χ2v) is 4.01. The lowest BCUT2D eigenvalue weighted by molar-refractivity contribution is 0.182. The van der Waals surface area contributed by atoms with E-state index >= 15 is 0 Å². The molecular formula is C9H20Cl2N2. The third kappa shape index (κ3) is 2.72. The molecule has 1 aliphatic heterocycles. The Hall–Kier alpha value is 0.500. The van der Waals surface area contributed by atoms with Gasteiger partial charge in [0.1, 0.15) is 0 Å². The van der Waals surface area contributed by atoms with Crippen LogP contribution in [0.4, 0.5) is 0 Å². The predicted molar refractivity (Wildman–Crippen MR) is 60.7 cm³/mol. The van der Waals surface area contributed by atoms with Crippen molar-refractivity contribution >= 4 is 24.8 Å². The largest absolute Gasteiger partial charge is 0.330 e. The number of halogens is 2. The first-order chi connectivity index (χ1) is 5.42. The van der Waals surface area contributed by atoms with Crippen molar-refractivity contribution in [3.63, 3.8) is 0 Å². The number of rotatable bonds is 2. The van der Waals surface area contributed by atoms with E-state index in [9.17, 15) is 0 Å². The summed E-state index contributed by atoms with van der Waals surface area (Å²) < 4.78 is 0. The summed E-state index contributed by atoms with van der Waals surface area (Å²) in [6, 6.07) is 0. The van der Waals surface area contributed by atoms with Crippen molar-refractivity contribution in [3.05, 3.63) is 0 Å². The molecule has 2 atom stereocenters. The van der Waals surface area contributed by atoms with Crippen molar-refractivity contribution in [3.8, 4) is 0 Å². The average molecular weight is 227 g/mol. The zero-order valence-corrected chi connectivity index (χ0v) is 9.50. The molecule has 0 aromatic heterocycles. The highest BCUT2D eigenvalue weighted by molar-refractivity contribution is 5.85. The summed E-state index contributed by atoms with van der Waals surface area (Å²) in [5.74, 6) is 2.70. The Labute approximate surface area is 92.8 Å². The lowest BCUT2D eigenvalue weighted by Crippen LogP contribution is -2.31. The minimum atomic E-state index is 0. The second kappa shape index (κ2) is 6.07. The van der Waals surface area contributed by atoms with E-state index in [1.54, 1.807) is 0 Å². The zero-order chi connectivity index (χ0) is 7.68. The normalized spacial score (nSPS) is 33.0. The van der Waals surface area contributed by atoms with E-state index in [0.29, 0.717) is 0 Å². The van der Waals surface area contributed by atoms with Gasteiger partial charge in [0.25, 0.3) is 0 Å². The van der Waals surface area contributed by atoms with Crippen molar-refractivity contribution in [2.24, 2.45) is 23.5 Å². The molecule has 0 spiro atoms. The summed E-state index contributed by atoms with van der Waals surface area (Å²) in [6.45, 7) is 3.28. The van der Waals surface area contributed by atoms with Crippen LogP contribution in [0.2, 0.25) is 0 Å². The highest BCUT2D eigenvalue weighted by atomic mass is 35.5. The van der Waals surface area contributed by atoms with Gasteiger partial charge in [0.2, 0.25) is 0 Å². The van der Waals surface area contributed by atoms with Gasteiger partial charge < -0.3 is 11.1 Å². The fourth-order valence-electron chi connectivity index (χ4n) is 2.43. The van der Waals surface area contributed by atoms with E-state index in [0.717, 1.165) is 30.8 Å². The second-order valence-electron chi connectivity index (χ2n) is 4.01. The Bertz CT molecular complexity index is 140. The van der Waals surface area contributed by atoms with Crippen molar-refractivity contribution in [1.29, 1.82) is 0 Å². The number of nitrogens with one attached hydrogen (secondary N) is 1. The van der Waals surface area contributed by atoms with Crippen molar-refractivity contribution in [2.45, 2.75) is 19.3 Å². The smallest absolute Gasteiger partial charge is 0.000510 e. The van der Waals surface area contributed by atoms with Gasteiger partial charge in [-0.1, -0.05) is 19.3 Å². The molecule has 4 heteroatoms. The lowest BCUT2D eigenvalue weighted by Gasteiger charge is -2.33. The van der Waals surface area contributed by atoms with Gasteiger partial charge in [-0.05, 0) is 37.4 Å². The SMILES string of the molecule is Cl.Cl.NCC1CNCC1C1CCC1. The van der Waals surface area contributed by atoms with Gasteiger partial charge in [0.15, 0.2) is 0 Å². The van der Waals surface area contributed by atoms with Crippen LogP contribution in [0.25, 0.3) is 0 Å². The third-order valence-corrected chi connectivity index (χ3v) is 3.45. The standard InChI is InChI=1S/C9H18N2.2ClH/c10-4-8-5-11-6-9(8)7-2-1-3-7;;/h7-9,11H,1-6,10H2;2*1H. The molecule has 2 unspecified atom stereocenters. The van der Waals surface area contributed by atoms with E-state index in [2.05, 4.69) is 5.32 Å². The molecule has 2 nitrogen and oxygen atoms in total. The first-order valence-electron chi connectivity index (χ1n) is 4.82. The van der Waals surface area contributed by atoms with Crippen LogP contribution in [0.15, 0.2) is 0 Å². The van der Waals surface area contributed by atoms with Crippen molar-refractivity contribution in [2.75, 3.05) is 19.6 Å². The number of hydrogen-bond donors (Lipinski definition) is 2. The number of nitrogens with two attached hydrogens (primary N) is 1. The van der Waals surface area contributed by atoms with Gasteiger partial charge in [-0.3, -0.25) is 0 Å². The van der Waals surface area contributed by atoms with Crippen LogP contribution < -0.4 is 11.1 Å². The fraction of sp³-hybridized carbons (Fsp3) is 1.00. The van der Waals surface area contributed by atoms with Gasteiger partial charge in [-0.25, -0.2) is 0 Å². The molecule has 0 bridgehead atoms. The molecule has 2 fully saturated rings. The van der Waals surface area contributed by atoms with Crippen LogP contribution in [0.5, 0.6) is 0 Å². The molecule has 2 rings (SSSR count). The first kappa shape index (κ1) is 13.5. The van der Waals surface area contributed by atoms with Crippen LogP contribution in [0.1, 0.15) is 19.3 Å². The molecule has 0 aromatic rings. The summed E-state index contributed by atoms with van der Waals surface area (Å²) in [5, 5.41) is 3.44. The molecule has 3 N–H and O–H groups in total. The molecule has 0 aromatic carbocycles. The van der Waals surface area contributed by atoms with Gasteiger partial charge in [-0.2, -0.15) is 0 Å². The quantitative estimate of drug-likeness (QED) is 0.748. The van der Waals surface area contributed by atoms with Gasteiger partial charge in [-0.15, -0.1) is 24.8 Å². The molecule has 1 saturated carbocycles. The van der Waals surface area contributed by atoms with E-state index in [1.165, 1.54) is 25.8 Å². The van der Waals surface area contributed by atoms with Crippen LogP contribution in [0.3, 0.4) is 0 Å². The first-order valence-corrected chi connectivity index (χ1v) is 4.82. The van der Waals surface area contributed by atoms with Gasteiger partial charge in [0, 0.05) is 0 Å². The Morgan fingerprint density at radius 3 is 2.31 bits per heavy atom. The minimum Gasteiger partial charge on any atom is -0.330 e. The highest BCUT2D eigenvalue weighted by Crippen LogP contribution is 2.38. The molecular weight excluding hydrogens is 207 g/mol. The molecule has 13 heavy (non-hydrogen) atoms. The molecule has 0 amide bonds. The van der Waals surface area contributed by atoms with Gasteiger partial charge >= 0.3 is 0 Å². The van der Waals surface area contributed by atoms with Crippen LogP contribution in [-0.2, 0) is 0 Å². The molecule has 1 saturated heterocycles. The fourth-order valence-corrected chi connectivity index (χ4v) is 2.43. The number of hydrogen-bond acceptors (Lipinski definition) is 2. The van der Waals surface area contributed by atoms with Crippen molar-refractivity contribution < 1.29 is 0 Å². The summed E-state index contributed by atoms with van der Waals surface area (Å²) in [6.07, 6.45) is 4.38. The maximum atomic E-state index is 5.70. The van der Waals surface area contributed by atoms with Crippen LogP contribution in [-0.4, -0.2) is 19.6 Å². The molecule has 2 aliphatic rings. The molecule has 80 valence electrons. The van der Waals surface area contributed by atoms with E-state index in [1.807, 2.05) is 0 Å². The monoisotopic (exact) mass is 226 g/mol. The van der Waals surface area contributed by atoms with Crippen molar-refractivity contribution in [1.82, 2.24) is 5.32 Å². The highest BCUT2D eigenvalue weighted by Gasteiger charge is 2.35. The van der Waals surface area contributed by atoms with E-state index in [-0.39, 0.29) is 24.8 Å². The average Bonchev–Trinajstić information content (AvgIpc) is 2.32. The summed E-state index contributed by atoms with van der Waals surface area (Å²) >= 11 is 0. The van der Waals surface area contributed by atoms with E-state index in [4.69, 9.17) is 5.73 Å². The summed E-state index contributed by atoms with van der Waals surface area (Å²) in [7, 11) is 0. The Morgan fingerprint density at radius 2 is 1.85 bits per heavy atom. The predicted octanol–water partition coefficient (Wildman–Crippen LogP) is 1.42. The molecule has 1 heterocycles. The Kier molecular flexibility index (Phi) is 6.31. The maximum Gasteiger partial charge on any atom is -0.000510 e. The minimum absolute atomic E-state index is 0. The van der Waals surface area contributed by atoms with E-state index < -0.39 is 0 Å². The van der Waals surface area contributed by atoms with Crippen LogP contribution in [0, 0.1) is 17.8 Å². The lowest BCUT2D eigenvalue weighted by atomic mass is 9.72. The zero-order valence-electron chi connectivity index (χ0n) is 7.87. The summed E-state index contributed by atoms with van der Waals surface area (Å²) in [4.78, 5) is 0. The Morgan fingerprint density at radius 1 is 1.15 bits per heavy atom. The molecule has 0 radical (unpaired) electrons. The molecule has 1 aliphatic carbocycles. The maximum absolute atomic E-state index is 5.70. The topological polar surface area (TPSA) is 38.0 Å².